The van der Waals surface area contributed by atoms with Gasteiger partial charge in [0, 0.05) is 32.7 Å². The molecule has 0 atom stereocenters. The summed E-state index contributed by atoms with van der Waals surface area (Å²) in [6, 6.07) is 13.6. The largest absolute Gasteiger partial charge is 0.507 e. The molecule has 2 aromatic rings. The standard InChI is InChI=1S/C20H24N2O2/c1-15-7-8-19(23)18(13-15)20(24)22-11-9-21(10-12-22)14-17-6-4-3-5-16(17)2/h3-8,13,23H,9-12,14H2,1-2H3. The van der Waals surface area contributed by atoms with E-state index < -0.39 is 0 Å². The van der Waals surface area contributed by atoms with E-state index in [0.717, 1.165) is 25.2 Å². The van der Waals surface area contributed by atoms with Crippen LogP contribution in [-0.2, 0) is 6.54 Å². The van der Waals surface area contributed by atoms with Gasteiger partial charge in [-0.2, -0.15) is 0 Å². The molecule has 126 valence electrons. The molecule has 1 N–H and O–H groups in total. The Morgan fingerprint density at radius 1 is 1.04 bits per heavy atom. The van der Waals surface area contributed by atoms with Crippen molar-refractivity contribution in [1.82, 2.24) is 9.80 Å². The van der Waals surface area contributed by atoms with Gasteiger partial charge in [-0.1, -0.05) is 35.9 Å². The fraction of sp³-hybridized carbons (Fsp3) is 0.350. The Morgan fingerprint density at radius 2 is 1.75 bits per heavy atom. The smallest absolute Gasteiger partial charge is 0.257 e. The summed E-state index contributed by atoms with van der Waals surface area (Å²) in [6.07, 6.45) is 0. The monoisotopic (exact) mass is 324 g/mol. The van der Waals surface area contributed by atoms with Gasteiger partial charge in [0.2, 0.25) is 0 Å². The van der Waals surface area contributed by atoms with Crippen LogP contribution in [0.25, 0.3) is 0 Å². The van der Waals surface area contributed by atoms with Crippen molar-refractivity contribution in [2.75, 3.05) is 26.2 Å². The normalized spacial score (nSPS) is 15.5. The molecule has 0 bridgehead atoms. The molecule has 4 nitrogen and oxygen atoms in total. The molecule has 1 fully saturated rings. The molecule has 1 saturated heterocycles. The molecule has 3 rings (SSSR count). The summed E-state index contributed by atoms with van der Waals surface area (Å²) in [5.74, 6) is -0.0142. The number of aryl methyl sites for hydroxylation is 2. The predicted octanol–water partition coefficient (Wildman–Crippen LogP) is 2.97. The third-order valence-electron chi connectivity index (χ3n) is 4.70. The van der Waals surface area contributed by atoms with Gasteiger partial charge in [0.05, 0.1) is 5.56 Å². The zero-order chi connectivity index (χ0) is 17.1. The third-order valence-corrected chi connectivity index (χ3v) is 4.70. The topological polar surface area (TPSA) is 43.8 Å². The van der Waals surface area contributed by atoms with Gasteiger partial charge in [-0.25, -0.2) is 0 Å². The van der Waals surface area contributed by atoms with Gasteiger partial charge < -0.3 is 10.0 Å². The van der Waals surface area contributed by atoms with Crippen LogP contribution in [0.2, 0.25) is 0 Å². The summed E-state index contributed by atoms with van der Waals surface area (Å²) in [5, 5.41) is 9.96. The SMILES string of the molecule is Cc1ccc(O)c(C(=O)N2CCN(Cc3ccccc3C)CC2)c1. The molecule has 2 aromatic carbocycles. The van der Waals surface area contributed by atoms with E-state index in [9.17, 15) is 9.90 Å². The van der Waals surface area contributed by atoms with Crippen molar-refractivity contribution in [1.29, 1.82) is 0 Å². The van der Waals surface area contributed by atoms with Gasteiger partial charge >= 0.3 is 0 Å². The molecule has 1 amide bonds. The molecular weight excluding hydrogens is 300 g/mol. The molecule has 1 heterocycles. The number of phenols is 1. The average molecular weight is 324 g/mol. The highest BCUT2D eigenvalue weighted by atomic mass is 16.3. The molecule has 0 aromatic heterocycles. The first-order valence-electron chi connectivity index (χ1n) is 8.40. The quantitative estimate of drug-likeness (QED) is 0.944. The average Bonchev–Trinajstić information content (AvgIpc) is 2.59. The second-order valence-corrected chi connectivity index (χ2v) is 6.52. The van der Waals surface area contributed by atoms with E-state index in [-0.39, 0.29) is 11.7 Å². The van der Waals surface area contributed by atoms with Crippen LogP contribution in [-0.4, -0.2) is 47.0 Å². The zero-order valence-electron chi connectivity index (χ0n) is 14.3. The number of carbonyl (C=O) groups is 1. The Kier molecular flexibility index (Phi) is 4.86. The van der Waals surface area contributed by atoms with Crippen LogP contribution in [0.4, 0.5) is 0 Å². The Morgan fingerprint density at radius 3 is 2.46 bits per heavy atom. The summed E-state index contributed by atoms with van der Waals surface area (Å²) in [4.78, 5) is 16.9. The number of carbonyl (C=O) groups excluding carboxylic acids is 1. The lowest BCUT2D eigenvalue weighted by Gasteiger charge is -2.35. The fourth-order valence-electron chi connectivity index (χ4n) is 3.13. The maximum atomic E-state index is 12.6. The van der Waals surface area contributed by atoms with Crippen molar-refractivity contribution >= 4 is 5.91 Å². The summed E-state index contributed by atoms with van der Waals surface area (Å²) in [7, 11) is 0. The lowest BCUT2D eigenvalue weighted by atomic mass is 10.1. The molecule has 24 heavy (non-hydrogen) atoms. The third kappa shape index (κ3) is 3.60. The molecule has 0 saturated carbocycles. The molecule has 4 heteroatoms. The maximum Gasteiger partial charge on any atom is 0.257 e. The summed E-state index contributed by atoms with van der Waals surface area (Å²) in [6.45, 7) is 8.08. The van der Waals surface area contributed by atoms with Crippen molar-refractivity contribution < 1.29 is 9.90 Å². The van der Waals surface area contributed by atoms with E-state index >= 15 is 0 Å². The summed E-state index contributed by atoms with van der Waals surface area (Å²) in [5.41, 5.74) is 4.03. The highest BCUT2D eigenvalue weighted by Crippen LogP contribution is 2.21. The van der Waals surface area contributed by atoms with Crippen molar-refractivity contribution in [3.8, 4) is 5.75 Å². The second-order valence-electron chi connectivity index (χ2n) is 6.52. The lowest BCUT2D eigenvalue weighted by molar-refractivity contribution is 0.0625. The number of hydrogen-bond acceptors (Lipinski definition) is 3. The Bertz CT molecular complexity index is 734. The Hall–Kier alpha value is -2.33. The number of aromatic hydroxyl groups is 1. The van der Waals surface area contributed by atoms with E-state index in [0.29, 0.717) is 18.7 Å². The van der Waals surface area contributed by atoms with Crippen LogP contribution >= 0.6 is 0 Å². The minimum absolute atomic E-state index is 0.0629. The van der Waals surface area contributed by atoms with Gasteiger partial charge in [0.1, 0.15) is 5.75 Å². The van der Waals surface area contributed by atoms with Crippen LogP contribution in [0, 0.1) is 13.8 Å². The van der Waals surface area contributed by atoms with E-state index in [1.807, 2.05) is 17.9 Å². The molecule has 0 spiro atoms. The Balaban J connectivity index is 1.61. The number of piperazine rings is 1. The molecule has 1 aliphatic heterocycles. The van der Waals surface area contributed by atoms with Crippen molar-refractivity contribution in [2.45, 2.75) is 20.4 Å². The van der Waals surface area contributed by atoms with E-state index in [1.165, 1.54) is 11.1 Å². The molecule has 0 radical (unpaired) electrons. The van der Waals surface area contributed by atoms with Crippen LogP contribution in [0.3, 0.4) is 0 Å². The van der Waals surface area contributed by atoms with Crippen LogP contribution in [0.1, 0.15) is 27.0 Å². The van der Waals surface area contributed by atoms with Crippen molar-refractivity contribution in [3.63, 3.8) is 0 Å². The summed E-state index contributed by atoms with van der Waals surface area (Å²) < 4.78 is 0. The van der Waals surface area contributed by atoms with Gasteiger partial charge in [0.25, 0.3) is 5.91 Å². The van der Waals surface area contributed by atoms with E-state index in [1.54, 1.807) is 12.1 Å². The number of benzene rings is 2. The highest BCUT2D eigenvalue weighted by molar-refractivity contribution is 5.97. The van der Waals surface area contributed by atoms with E-state index in [2.05, 4.69) is 36.1 Å². The van der Waals surface area contributed by atoms with Gasteiger partial charge in [-0.05, 0) is 37.1 Å². The minimum atomic E-state index is -0.0771. The van der Waals surface area contributed by atoms with Crippen LogP contribution in [0.5, 0.6) is 5.75 Å². The Labute approximate surface area is 143 Å². The second kappa shape index (κ2) is 7.05. The fourth-order valence-corrected chi connectivity index (χ4v) is 3.13. The summed E-state index contributed by atoms with van der Waals surface area (Å²) >= 11 is 0. The first-order valence-corrected chi connectivity index (χ1v) is 8.40. The predicted molar refractivity (Wildman–Crippen MR) is 95.2 cm³/mol. The molecule has 0 unspecified atom stereocenters. The molecule has 0 aliphatic carbocycles. The van der Waals surface area contributed by atoms with Crippen LogP contribution in [0.15, 0.2) is 42.5 Å². The number of amides is 1. The van der Waals surface area contributed by atoms with Gasteiger partial charge in [-0.15, -0.1) is 0 Å². The first-order chi connectivity index (χ1) is 11.5. The minimum Gasteiger partial charge on any atom is -0.507 e. The van der Waals surface area contributed by atoms with E-state index in [4.69, 9.17) is 0 Å². The number of rotatable bonds is 3. The first kappa shape index (κ1) is 16.5. The molecular formula is C20H24N2O2. The lowest BCUT2D eigenvalue weighted by Crippen LogP contribution is -2.48. The van der Waals surface area contributed by atoms with Gasteiger partial charge in [0.15, 0.2) is 0 Å². The van der Waals surface area contributed by atoms with Gasteiger partial charge in [-0.3, -0.25) is 9.69 Å². The zero-order valence-corrected chi connectivity index (χ0v) is 14.3. The van der Waals surface area contributed by atoms with Crippen molar-refractivity contribution in [2.24, 2.45) is 0 Å². The highest BCUT2D eigenvalue weighted by Gasteiger charge is 2.24. The van der Waals surface area contributed by atoms with Crippen molar-refractivity contribution in [3.05, 3.63) is 64.7 Å². The molecule has 1 aliphatic rings. The number of hydrogen-bond donors (Lipinski definition) is 1. The maximum absolute atomic E-state index is 12.6. The van der Waals surface area contributed by atoms with Crippen LogP contribution < -0.4 is 0 Å². The number of nitrogens with zero attached hydrogens (tertiary/aromatic N) is 2. The number of phenolic OH excluding ortho intramolecular Hbond substituents is 1.